The molecule has 0 unspecified atom stereocenters. The van der Waals surface area contributed by atoms with E-state index in [4.69, 9.17) is 9.47 Å². The van der Waals surface area contributed by atoms with Crippen LogP contribution in [0.25, 0.3) is 0 Å². The summed E-state index contributed by atoms with van der Waals surface area (Å²) in [6.07, 6.45) is 14.1. The molecule has 1 saturated carbocycles. The lowest BCUT2D eigenvalue weighted by Gasteiger charge is -2.29. The zero-order chi connectivity index (χ0) is 28.3. The summed E-state index contributed by atoms with van der Waals surface area (Å²) in [7, 11) is 1.40. The summed E-state index contributed by atoms with van der Waals surface area (Å²) < 4.78 is 11.0. The second-order valence-corrected chi connectivity index (χ2v) is 11.9. The van der Waals surface area contributed by atoms with Gasteiger partial charge in [0.2, 0.25) is 11.8 Å². The largest absolute Gasteiger partial charge is 0.469 e. The number of aliphatic hydroxyl groups is 1. The van der Waals surface area contributed by atoms with Crippen LogP contribution in [0.15, 0.2) is 24.3 Å². The van der Waals surface area contributed by atoms with Crippen LogP contribution < -0.4 is 10.6 Å². The Morgan fingerprint density at radius 2 is 1.75 bits per heavy atom. The van der Waals surface area contributed by atoms with Crippen LogP contribution in [0.3, 0.4) is 0 Å². The molecule has 1 aromatic carbocycles. The first-order chi connectivity index (χ1) is 19.5. The molecule has 4 rings (SSSR count). The standard InChI is InChI=1S/C32H48N2O6/c1-39-29(36)16-9-15-23-13-5-6-14-24(23)20-25-27-17-18-28(40-27)30(25)32(38)34-26(21-35)31(37)33-19-8-7-12-22-10-3-2-4-11-22/h5-6,13-14,22,25-28,30,35H,2-4,7-12,15-21H2,1H3,(H,33,37)(H,34,38)/t25-,26-,27-,28+,30-/m0/s1. The SMILES string of the molecule is COC(=O)CCCc1ccccc1C[C@@H]1[C@H](C(=O)N[C@@H](CO)C(=O)NCCCCC2CCCCC2)[C@H]2CC[C@@H]1O2. The highest BCUT2D eigenvalue weighted by Crippen LogP contribution is 2.45. The van der Waals surface area contributed by atoms with E-state index in [0.29, 0.717) is 25.8 Å². The summed E-state index contributed by atoms with van der Waals surface area (Å²) in [5.41, 5.74) is 2.33. The molecule has 3 N–H and O–H groups in total. The van der Waals surface area contributed by atoms with E-state index in [1.165, 1.54) is 51.2 Å². The molecule has 1 aromatic rings. The fraction of sp³-hybridized carbons (Fsp3) is 0.719. The number of aliphatic hydroxyl groups excluding tert-OH is 1. The Hall–Kier alpha value is -2.45. The number of nitrogens with one attached hydrogen (secondary N) is 2. The lowest BCUT2D eigenvalue weighted by atomic mass is 9.75. The summed E-state index contributed by atoms with van der Waals surface area (Å²) >= 11 is 0. The highest BCUT2D eigenvalue weighted by atomic mass is 16.5. The molecular weight excluding hydrogens is 508 g/mol. The van der Waals surface area contributed by atoms with Crippen LogP contribution in [0.4, 0.5) is 0 Å². The smallest absolute Gasteiger partial charge is 0.305 e. The molecule has 8 nitrogen and oxygen atoms in total. The molecule has 2 aliphatic heterocycles. The van der Waals surface area contributed by atoms with Crippen LogP contribution in [0.5, 0.6) is 0 Å². The number of esters is 1. The van der Waals surface area contributed by atoms with Gasteiger partial charge >= 0.3 is 5.97 Å². The number of benzene rings is 1. The van der Waals surface area contributed by atoms with Crippen molar-refractivity contribution in [3.05, 3.63) is 35.4 Å². The fourth-order valence-corrected chi connectivity index (χ4v) is 7.01. The highest BCUT2D eigenvalue weighted by molar-refractivity contribution is 5.89. The van der Waals surface area contributed by atoms with Gasteiger partial charge < -0.3 is 25.2 Å². The monoisotopic (exact) mass is 556 g/mol. The van der Waals surface area contributed by atoms with Gasteiger partial charge in [-0.25, -0.2) is 0 Å². The van der Waals surface area contributed by atoms with Gasteiger partial charge in [0.05, 0.1) is 31.8 Å². The first-order valence-corrected chi connectivity index (χ1v) is 15.5. The van der Waals surface area contributed by atoms with E-state index in [9.17, 15) is 19.5 Å². The summed E-state index contributed by atoms with van der Waals surface area (Å²) in [5, 5.41) is 15.7. The number of rotatable bonds is 15. The van der Waals surface area contributed by atoms with Gasteiger partial charge in [-0.2, -0.15) is 0 Å². The summed E-state index contributed by atoms with van der Waals surface area (Å²) in [5.74, 6) is -0.283. The van der Waals surface area contributed by atoms with Crippen molar-refractivity contribution in [2.24, 2.45) is 17.8 Å². The molecular formula is C32H48N2O6. The minimum Gasteiger partial charge on any atom is -0.469 e. The van der Waals surface area contributed by atoms with Crippen LogP contribution in [0.1, 0.15) is 88.2 Å². The average molecular weight is 557 g/mol. The van der Waals surface area contributed by atoms with Crippen molar-refractivity contribution >= 4 is 17.8 Å². The molecule has 5 atom stereocenters. The molecule has 0 aromatic heterocycles. The Labute approximate surface area is 239 Å². The van der Waals surface area contributed by atoms with Crippen molar-refractivity contribution in [1.82, 2.24) is 10.6 Å². The molecule has 222 valence electrons. The van der Waals surface area contributed by atoms with Crippen LogP contribution >= 0.6 is 0 Å². The quantitative estimate of drug-likeness (QED) is 0.223. The van der Waals surface area contributed by atoms with Crippen molar-refractivity contribution in [3.63, 3.8) is 0 Å². The number of amides is 2. The van der Waals surface area contributed by atoms with E-state index in [-0.39, 0.29) is 41.8 Å². The van der Waals surface area contributed by atoms with Crippen molar-refractivity contribution in [2.45, 2.75) is 108 Å². The first kappa shape index (κ1) is 30.5. The third-order valence-corrected chi connectivity index (χ3v) is 9.23. The Morgan fingerprint density at radius 3 is 2.50 bits per heavy atom. The lowest BCUT2D eigenvalue weighted by molar-refractivity contribution is -0.140. The van der Waals surface area contributed by atoms with Gasteiger partial charge in [-0.1, -0.05) is 69.2 Å². The molecule has 8 heteroatoms. The van der Waals surface area contributed by atoms with Gasteiger partial charge in [0, 0.05) is 18.9 Å². The summed E-state index contributed by atoms with van der Waals surface area (Å²) in [6, 6.07) is 7.21. The Bertz CT molecular complexity index is 978. The molecule has 0 radical (unpaired) electrons. The number of hydrogen-bond donors (Lipinski definition) is 3. The number of fused-ring (bicyclic) bond motifs is 2. The number of hydrogen-bond acceptors (Lipinski definition) is 6. The zero-order valence-corrected chi connectivity index (χ0v) is 24.1. The number of aryl methyl sites for hydroxylation is 1. The van der Waals surface area contributed by atoms with E-state index in [0.717, 1.165) is 43.6 Å². The van der Waals surface area contributed by atoms with E-state index < -0.39 is 12.6 Å². The van der Waals surface area contributed by atoms with Gasteiger partial charge in [-0.15, -0.1) is 0 Å². The molecule has 2 amide bonds. The predicted octanol–water partition coefficient (Wildman–Crippen LogP) is 3.86. The van der Waals surface area contributed by atoms with Crippen LogP contribution in [0.2, 0.25) is 0 Å². The maximum absolute atomic E-state index is 13.5. The van der Waals surface area contributed by atoms with Crippen molar-refractivity contribution in [3.8, 4) is 0 Å². The van der Waals surface area contributed by atoms with Crippen molar-refractivity contribution in [1.29, 1.82) is 0 Å². The molecule has 3 aliphatic rings. The second-order valence-electron chi connectivity index (χ2n) is 11.9. The Kier molecular flexibility index (Phi) is 11.8. The Morgan fingerprint density at radius 1 is 1.00 bits per heavy atom. The Balaban J connectivity index is 1.28. The maximum atomic E-state index is 13.5. The van der Waals surface area contributed by atoms with Crippen LogP contribution in [-0.4, -0.2) is 61.4 Å². The number of unbranched alkanes of at least 4 members (excludes halogenated alkanes) is 1. The van der Waals surface area contributed by atoms with Gasteiger partial charge in [-0.3, -0.25) is 14.4 Å². The number of carbonyl (C=O) groups is 3. The zero-order valence-electron chi connectivity index (χ0n) is 24.1. The number of carbonyl (C=O) groups excluding carboxylic acids is 3. The van der Waals surface area contributed by atoms with Gasteiger partial charge in [0.15, 0.2) is 0 Å². The normalized spacial score (nSPS) is 24.9. The van der Waals surface area contributed by atoms with E-state index in [1.807, 2.05) is 12.1 Å². The van der Waals surface area contributed by atoms with Crippen molar-refractivity contribution < 1.29 is 29.0 Å². The van der Waals surface area contributed by atoms with E-state index in [2.05, 4.69) is 22.8 Å². The summed E-state index contributed by atoms with van der Waals surface area (Å²) in [6.45, 7) is 0.125. The minimum atomic E-state index is -0.962. The van der Waals surface area contributed by atoms with E-state index >= 15 is 0 Å². The summed E-state index contributed by atoms with van der Waals surface area (Å²) in [4.78, 5) is 37.8. The second kappa shape index (κ2) is 15.5. The lowest BCUT2D eigenvalue weighted by Crippen LogP contribution is -2.53. The number of methoxy groups -OCH3 is 1. The van der Waals surface area contributed by atoms with Gasteiger partial charge in [0.25, 0.3) is 0 Å². The average Bonchev–Trinajstić information content (AvgIpc) is 3.59. The molecule has 1 aliphatic carbocycles. The molecule has 2 saturated heterocycles. The number of ether oxygens (including phenoxy) is 2. The first-order valence-electron chi connectivity index (χ1n) is 15.5. The molecule has 0 spiro atoms. The van der Waals surface area contributed by atoms with Gasteiger partial charge in [-0.05, 0) is 55.6 Å². The molecule has 2 bridgehead atoms. The van der Waals surface area contributed by atoms with Crippen molar-refractivity contribution in [2.75, 3.05) is 20.3 Å². The third-order valence-electron chi connectivity index (χ3n) is 9.23. The van der Waals surface area contributed by atoms with E-state index in [1.54, 1.807) is 0 Å². The molecule has 2 heterocycles. The maximum Gasteiger partial charge on any atom is 0.305 e. The topological polar surface area (TPSA) is 114 Å². The molecule has 3 fully saturated rings. The van der Waals surface area contributed by atoms with Gasteiger partial charge in [0.1, 0.15) is 6.04 Å². The molecule has 40 heavy (non-hydrogen) atoms. The van der Waals surface area contributed by atoms with Crippen LogP contribution in [-0.2, 0) is 36.7 Å². The third kappa shape index (κ3) is 8.29. The predicted molar refractivity (Wildman–Crippen MR) is 152 cm³/mol. The minimum absolute atomic E-state index is 0.00250. The van der Waals surface area contributed by atoms with Crippen LogP contribution in [0, 0.1) is 17.8 Å². The highest BCUT2D eigenvalue weighted by Gasteiger charge is 2.52. The fourth-order valence-electron chi connectivity index (χ4n) is 7.01.